The van der Waals surface area contributed by atoms with Gasteiger partial charge in [-0.25, -0.2) is 8.42 Å². The van der Waals surface area contributed by atoms with Crippen molar-refractivity contribution in [2.45, 2.75) is 37.0 Å². The Morgan fingerprint density at radius 1 is 1.19 bits per heavy atom. The van der Waals surface area contributed by atoms with Crippen LogP contribution in [0.2, 0.25) is 0 Å². The normalized spacial score (nSPS) is 15.8. The molecule has 0 saturated heterocycles. The van der Waals surface area contributed by atoms with Crippen molar-refractivity contribution in [3.63, 3.8) is 0 Å². The molecule has 0 aliphatic carbocycles. The summed E-state index contributed by atoms with van der Waals surface area (Å²) in [7, 11) is -3.09. The Labute approximate surface area is 103 Å². The highest BCUT2D eigenvalue weighted by Gasteiger charge is 2.14. The van der Waals surface area contributed by atoms with E-state index in [2.05, 4.69) is 0 Å². The Bertz CT molecular complexity index is 435. The standard InChI is InChI=1S/C12H17ClO2S/c1-4-16(14,15)12-7-5-11(6-8-12)9(2)10(3)13/h5-10H,4H2,1-3H3. The molecule has 2 nitrogen and oxygen atoms in total. The van der Waals surface area contributed by atoms with Crippen molar-refractivity contribution in [1.29, 1.82) is 0 Å². The molecule has 0 spiro atoms. The van der Waals surface area contributed by atoms with E-state index >= 15 is 0 Å². The minimum Gasteiger partial charge on any atom is -0.224 e. The molecule has 0 aliphatic rings. The first-order chi connectivity index (χ1) is 7.38. The summed E-state index contributed by atoms with van der Waals surface area (Å²) in [5, 5.41) is 0.0358. The lowest BCUT2D eigenvalue weighted by molar-refractivity contribution is 0.597. The van der Waals surface area contributed by atoms with Gasteiger partial charge in [0.05, 0.1) is 10.6 Å². The maximum atomic E-state index is 11.6. The molecule has 4 heteroatoms. The van der Waals surface area contributed by atoms with Crippen LogP contribution >= 0.6 is 11.6 Å². The summed E-state index contributed by atoms with van der Waals surface area (Å²) in [6.45, 7) is 5.61. The van der Waals surface area contributed by atoms with E-state index in [-0.39, 0.29) is 17.0 Å². The number of sulfone groups is 1. The predicted molar refractivity (Wildman–Crippen MR) is 67.9 cm³/mol. The number of hydrogen-bond acceptors (Lipinski definition) is 2. The van der Waals surface area contributed by atoms with Gasteiger partial charge in [-0.3, -0.25) is 0 Å². The van der Waals surface area contributed by atoms with Crippen LogP contribution in [0, 0.1) is 0 Å². The monoisotopic (exact) mass is 260 g/mol. The SMILES string of the molecule is CCS(=O)(=O)c1ccc(C(C)C(C)Cl)cc1. The zero-order chi connectivity index (χ0) is 12.3. The van der Waals surface area contributed by atoms with E-state index in [0.29, 0.717) is 4.90 Å². The lowest BCUT2D eigenvalue weighted by Crippen LogP contribution is -2.07. The van der Waals surface area contributed by atoms with Gasteiger partial charge in [-0.1, -0.05) is 26.0 Å². The summed E-state index contributed by atoms with van der Waals surface area (Å²) in [4.78, 5) is 0.383. The third-order valence-corrected chi connectivity index (χ3v) is 4.96. The molecule has 0 radical (unpaired) electrons. The first-order valence-electron chi connectivity index (χ1n) is 5.35. The third kappa shape index (κ3) is 2.98. The Kier molecular flexibility index (Phi) is 4.39. The average Bonchev–Trinajstić information content (AvgIpc) is 2.28. The van der Waals surface area contributed by atoms with Crippen molar-refractivity contribution < 1.29 is 8.42 Å². The van der Waals surface area contributed by atoms with Crippen molar-refractivity contribution in [2.75, 3.05) is 5.75 Å². The third-order valence-electron chi connectivity index (χ3n) is 2.83. The lowest BCUT2D eigenvalue weighted by atomic mass is 9.99. The number of alkyl halides is 1. The molecule has 0 fully saturated rings. The minimum atomic E-state index is -3.09. The summed E-state index contributed by atoms with van der Waals surface area (Å²) < 4.78 is 23.2. The van der Waals surface area contributed by atoms with Crippen LogP contribution in [-0.4, -0.2) is 19.5 Å². The van der Waals surface area contributed by atoms with E-state index in [9.17, 15) is 8.42 Å². The van der Waals surface area contributed by atoms with Crippen molar-refractivity contribution in [3.8, 4) is 0 Å². The Morgan fingerprint density at radius 2 is 1.69 bits per heavy atom. The highest BCUT2D eigenvalue weighted by atomic mass is 35.5. The molecule has 0 saturated carbocycles. The van der Waals surface area contributed by atoms with Crippen molar-refractivity contribution in [3.05, 3.63) is 29.8 Å². The first-order valence-corrected chi connectivity index (χ1v) is 7.44. The molecular weight excluding hydrogens is 244 g/mol. The average molecular weight is 261 g/mol. The summed E-state index contributed by atoms with van der Waals surface area (Å²) >= 11 is 6.00. The quantitative estimate of drug-likeness (QED) is 0.779. The fraction of sp³-hybridized carbons (Fsp3) is 0.500. The number of hydrogen-bond donors (Lipinski definition) is 0. The van der Waals surface area contributed by atoms with E-state index in [4.69, 9.17) is 11.6 Å². The van der Waals surface area contributed by atoms with Gasteiger partial charge in [-0.05, 0) is 30.5 Å². The molecule has 1 aromatic carbocycles. The molecule has 2 atom stereocenters. The van der Waals surface area contributed by atoms with Crippen LogP contribution in [-0.2, 0) is 9.84 Å². The number of rotatable bonds is 4. The van der Waals surface area contributed by atoms with E-state index in [0.717, 1.165) is 5.56 Å². The van der Waals surface area contributed by atoms with Crippen LogP contribution in [0.5, 0.6) is 0 Å². The van der Waals surface area contributed by atoms with Gasteiger partial charge in [0.2, 0.25) is 0 Å². The topological polar surface area (TPSA) is 34.1 Å². The molecule has 0 amide bonds. The van der Waals surface area contributed by atoms with Gasteiger partial charge in [0.25, 0.3) is 0 Å². The fourth-order valence-corrected chi connectivity index (χ4v) is 2.44. The highest BCUT2D eigenvalue weighted by Crippen LogP contribution is 2.24. The zero-order valence-corrected chi connectivity index (χ0v) is 11.3. The van der Waals surface area contributed by atoms with Gasteiger partial charge in [0, 0.05) is 5.38 Å². The van der Waals surface area contributed by atoms with Crippen molar-refractivity contribution in [2.24, 2.45) is 0 Å². The second kappa shape index (κ2) is 5.19. The summed E-state index contributed by atoms with van der Waals surface area (Å²) in [5.74, 6) is 0.355. The maximum absolute atomic E-state index is 11.6. The van der Waals surface area contributed by atoms with Crippen molar-refractivity contribution >= 4 is 21.4 Å². The maximum Gasteiger partial charge on any atom is 0.178 e. The predicted octanol–water partition coefficient (Wildman–Crippen LogP) is 3.21. The lowest BCUT2D eigenvalue weighted by Gasteiger charge is -2.14. The highest BCUT2D eigenvalue weighted by molar-refractivity contribution is 7.91. The zero-order valence-electron chi connectivity index (χ0n) is 9.77. The number of benzene rings is 1. The smallest absolute Gasteiger partial charge is 0.178 e. The van der Waals surface area contributed by atoms with Crippen LogP contribution in [0.25, 0.3) is 0 Å². The summed E-state index contributed by atoms with van der Waals surface area (Å²) in [6.07, 6.45) is 0. The van der Waals surface area contributed by atoms with E-state index in [1.54, 1.807) is 19.1 Å². The fourth-order valence-electron chi connectivity index (χ4n) is 1.41. The minimum absolute atomic E-state index is 0.0358. The molecule has 16 heavy (non-hydrogen) atoms. The summed E-state index contributed by atoms with van der Waals surface area (Å²) in [6, 6.07) is 6.99. The van der Waals surface area contributed by atoms with Gasteiger partial charge < -0.3 is 0 Å². The molecule has 0 aliphatic heterocycles. The van der Waals surface area contributed by atoms with Crippen LogP contribution < -0.4 is 0 Å². The molecule has 1 aromatic rings. The van der Waals surface area contributed by atoms with Gasteiger partial charge >= 0.3 is 0 Å². The summed E-state index contributed by atoms with van der Waals surface area (Å²) in [5.41, 5.74) is 1.07. The van der Waals surface area contributed by atoms with Gasteiger partial charge in [-0.2, -0.15) is 0 Å². The molecule has 1 rings (SSSR count). The van der Waals surface area contributed by atoms with Crippen molar-refractivity contribution in [1.82, 2.24) is 0 Å². The Morgan fingerprint density at radius 3 is 2.06 bits per heavy atom. The van der Waals surface area contributed by atoms with E-state index in [1.165, 1.54) is 0 Å². The Balaban J connectivity index is 3.01. The van der Waals surface area contributed by atoms with E-state index < -0.39 is 9.84 Å². The largest absolute Gasteiger partial charge is 0.224 e. The second-order valence-corrected chi connectivity index (χ2v) is 6.91. The number of halogens is 1. The van der Waals surface area contributed by atoms with E-state index in [1.807, 2.05) is 26.0 Å². The first kappa shape index (κ1) is 13.5. The molecular formula is C12H17ClO2S. The molecule has 0 aromatic heterocycles. The van der Waals surface area contributed by atoms with Crippen LogP contribution in [0.4, 0.5) is 0 Å². The molecule has 0 N–H and O–H groups in total. The molecule has 2 unspecified atom stereocenters. The molecule has 0 bridgehead atoms. The molecule has 90 valence electrons. The van der Waals surface area contributed by atoms with Crippen LogP contribution in [0.3, 0.4) is 0 Å². The Hall–Kier alpha value is -0.540. The second-order valence-electron chi connectivity index (χ2n) is 3.94. The molecule has 0 heterocycles. The van der Waals surface area contributed by atoms with Crippen LogP contribution in [0.1, 0.15) is 32.3 Å². The van der Waals surface area contributed by atoms with Gasteiger partial charge in [0.1, 0.15) is 0 Å². The van der Waals surface area contributed by atoms with Gasteiger partial charge in [0.15, 0.2) is 9.84 Å². The van der Waals surface area contributed by atoms with Crippen LogP contribution in [0.15, 0.2) is 29.2 Å². The van der Waals surface area contributed by atoms with Gasteiger partial charge in [-0.15, -0.1) is 11.6 Å².